The van der Waals surface area contributed by atoms with Crippen LogP contribution in [0.15, 0.2) is 0 Å². The minimum atomic E-state index is -0.531. The maximum atomic E-state index is 13.0. The molecular formula is C23H38O4. The molecule has 5 atom stereocenters. The van der Waals surface area contributed by atoms with Gasteiger partial charge in [-0.3, -0.25) is 9.59 Å². The van der Waals surface area contributed by atoms with Crippen molar-refractivity contribution in [2.45, 2.75) is 104 Å². The highest BCUT2D eigenvalue weighted by Gasteiger charge is 2.44. The molecule has 3 saturated carbocycles. The Hall–Kier alpha value is -1.06. The normalized spacial score (nSPS) is 30.7. The lowest BCUT2D eigenvalue weighted by molar-refractivity contribution is -0.171. The van der Waals surface area contributed by atoms with E-state index in [-0.39, 0.29) is 24.0 Å². The molecule has 0 aliphatic heterocycles. The summed E-state index contributed by atoms with van der Waals surface area (Å²) in [6, 6.07) is 0. The van der Waals surface area contributed by atoms with Crippen LogP contribution >= 0.6 is 0 Å². The van der Waals surface area contributed by atoms with Crippen LogP contribution in [0.2, 0.25) is 0 Å². The van der Waals surface area contributed by atoms with Gasteiger partial charge in [-0.15, -0.1) is 0 Å². The van der Waals surface area contributed by atoms with E-state index in [1.807, 2.05) is 27.7 Å². The molecule has 3 fully saturated rings. The van der Waals surface area contributed by atoms with Gasteiger partial charge >= 0.3 is 11.9 Å². The third-order valence-electron chi connectivity index (χ3n) is 6.96. The number of carbonyl (C=O) groups is 2. The molecule has 0 heterocycles. The van der Waals surface area contributed by atoms with Crippen LogP contribution in [0, 0.1) is 29.6 Å². The van der Waals surface area contributed by atoms with Crippen LogP contribution in [0.4, 0.5) is 0 Å². The van der Waals surface area contributed by atoms with Crippen LogP contribution < -0.4 is 0 Å². The molecule has 3 rings (SSSR count). The Morgan fingerprint density at radius 3 is 2.22 bits per heavy atom. The largest absolute Gasteiger partial charge is 0.462 e. The molecule has 0 aromatic carbocycles. The van der Waals surface area contributed by atoms with Gasteiger partial charge in [0, 0.05) is 0 Å². The second-order valence-electron chi connectivity index (χ2n) is 10.3. The number of ether oxygens (including phenoxy) is 2. The summed E-state index contributed by atoms with van der Waals surface area (Å²) < 4.78 is 11.5. The van der Waals surface area contributed by atoms with E-state index >= 15 is 0 Å². The van der Waals surface area contributed by atoms with E-state index in [1.54, 1.807) is 0 Å². The highest BCUT2D eigenvalue weighted by atomic mass is 16.6. The van der Waals surface area contributed by atoms with Crippen LogP contribution in [0.5, 0.6) is 0 Å². The first-order valence-corrected chi connectivity index (χ1v) is 11.2. The van der Waals surface area contributed by atoms with Crippen molar-refractivity contribution in [1.82, 2.24) is 0 Å². The molecule has 0 aromatic rings. The molecule has 0 amide bonds. The number of hydrogen-bond acceptors (Lipinski definition) is 4. The minimum absolute atomic E-state index is 0.0375. The number of hydrogen-bond donors (Lipinski definition) is 0. The molecule has 27 heavy (non-hydrogen) atoms. The second kappa shape index (κ2) is 8.53. The SMILES string of the molecule is CC(C(=O)OC1CCCCC1)C(CC1CC2CCC1C2)C(=O)OC(C)(C)C. The summed E-state index contributed by atoms with van der Waals surface area (Å²) in [6.45, 7) is 7.55. The van der Waals surface area contributed by atoms with Crippen molar-refractivity contribution in [2.75, 3.05) is 0 Å². The zero-order chi connectivity index (χ0) is 19.6. The van der Waals surface area contributed by atoms with E-state index in [9.17, 15) is 9.59 Å². The Balaban J connectivity index is 1.65. The number of rotatable bonds is 6. The molecule has 4 heteroatoms. The van der Waals surface area contributed by atoms with Gasteiger partial charge in [0.15, 0.2) is 0 Å². The number of esters is 2. The smallest absolute Gasteiger partial charge is 0.310 e. The molecular weight excluding hydrogens is 340 g/mol. The fraction of sp³-hybridized carbons (Fsp3) is 0.913. The first-order valence-electron chi connectivity index (χ1n) is 11.2. The predicted octanol–water partition coefficient (Wildman–Crippen LogP) is 5.28. The quantitative estimate of drug-likeness (QED) is 0.590. The van der Waals surface area contributed by atoms with Gasteiger partial charge in [-0.2, -0.15) is 0 Å². The first kappa shape index (κ1) is 20.7. The van der Waals surface area contributed by atoms with Crippen molar-refractivity contribution in [1.29, 1.82) is 0 Å². The molecule has 3 aliphatic rings. The number of carbonyl (C=O) groups excluding carboxylic acids is 2. The summed E-state index contributed by atoms with van der Waals surface area (Å²) in [5.74, 6) is 0.890. The fourth-order valence-electron chi connectivity index (χ4n) is 5.49. The van der Waals surface area contributed by atoms with E-state index in [4.69, 9.17) is 9.47 Å². The van der Waals surface area contributed by atoms with Crippen LogP contribution in [-0.4, -0.2) is 23.6 Å². The summed E-state index contributed by atoms with van der Waals surface area (Å²) in [5.41, 5.74) is -0.531. The summed E-state index contributed by atoms with van der Waals surface area (Å²) in [5, 5.41) is 0. The average Bonchev–Trinajstić information content (AvgIpc) is 3.21. The number of fused-ring (bicyclic) bond motifs is 2. The van der Waals surface area contributed by atoms with Crippen LogP contribution in [0.25, 0.3) is 0 Å². The van der Waals surface area contributed by atoms with Crippen molar-refractivity contribution in [3.63, 3.8) is 0 Å². The Labute approximate surface area is 164 Å². The average molecular weight is 379 g/mol. The van der Waals surface area contributed by atoms with E-state index in [0.717, 1.165) is 43.9 Å². The van der Waals surface area contributed by atoms with E-state index in [2.05, 4.69) is 0 Å². The lowest BCUT2D eigenvalue weighted by Crippen LogP contribution is -2.38. The molecule has 0 N–H and O–H groups in total. The third-order valence-corrected chi connectivity index (χ3v) is 6.96. The Morgan fingerprint density at radius 2 is 1.67 bits per heavy atom. The van der Waals surface area contributed by atoms with Gasteiger partial charge < -0.3 is 9.47 Å². The van der Waals surface area contributed by atoms with Gasteiger partial charge in [-0.1, -0.05) is 19.8 Å². The molecule has 0 spiro atoms. The topological polar surface area (TPSA) is 52.6 Å². The van der Waals surface area contributed by atoms with E-state index in [1.165, 1.54) is 32.1 Å². The van der Waals surface area contributed by atoms with Crippen molar-refractivity contribution in [3.8, 4) is 0 Å². The van der Waals surface area contributed by atoms with Crippen LogP contribution in [-0.2, 0) is 19.1 Å². The van der Waals surface area contributed by atoms with Gasteiger partial charge in [0.1, 0.15) is 11.7 Å². The second-order valence-corrected chi connectivity index (χ2v) is 10.3. The van der Waals surface area contributed by atoms with E-state index in [0.29, 0.717) is 5.92 Å². The monoisotopic (exact) mass is 378 g/mol. The molecule has 3 aliphatic carbocycles. The minimum Gasteiger partial charge on any atom is -0.462 e. The van der Waals surface area contributed by atoms with Crippen molar-refractivity contribution in [3.05, 3.63) is 0 Å². The maximum Gasteiger partial charge on any atom is 0.310 e. The standard InChI is InChI=1S/C23H38O4/c1-15(21(24)26-19-8-6-5-7-9-19)20(22(25)27-23(2,3)4)14-18-13-16-10-11-17(18)12-16/h15-20H,5-14H2,1-4H3. The molecule has 2 bridgehead atoms. The van der Waals surface area contributed by atoms with Crippen LogP contribution in [0.3, 0.4) is 0 Å². The first-order chi connectivity index (χ1) is 12.7. The lowest BCUT2D eigenvalue weighted by Gasteiger charge is -2.31. The lowest BCUT2D eigenvalue weighted by atomic mass is 9.78. The Morgan fingerprint density at radius 1 is 0.963 bits per heavy atom. The van der Waals surface area contributed by atoms with E-state index < -0.39 is 11.5 Å². The molecule has 0 aromatic heterocycles. The molecule has 154 valence electrons. The molecule has 0 saturated heterocycles. The van der Waals surface area contributed by atoms with Gasteiger partial charge in [-0.05, 0) is 89.9 Å². The molecule has 5 unspecified atom stereocenters. The van der Waals surface area contributed by atoms with Gasteiger partial charge in [-0.25, -0.2) is 0 Å². The molecule has 4 nitrogen and oxygen atoms in total. The summed E-state index contributed by atoms with van der Waals surface area (Å²) in [7, 11) is 0. The Kier molecular flexibility index (Phi) is 6.53. The van der Waals surface area contributed by atoms with Gasteiger partial charge in [0.05, 0.1) is 11.8 Å². The maximum absolute atomic E-state index is 13.0. The van der Waals surface area contributed by atoms with Gasteiger partial charge in [0.25, 0.3) is 0 Å². The van der Waals surface area contributed by atoms with Crippen molar-refractivity contribution in [2.24, 2.45) is 29.6 Å². The summed E-state index contributed by atoms with van der Waals surface area (Å²) in [4.78, 5) is 25.8. The van der Waals surface area contributed by atoms with Crippen molar-refractivity contribution >= 4 is 11.9 Å². The zero-order valence-electron chi connectivity index (χ0n) is 17.7. The fourth-order valence-corrected chi connectivity index (χ4v) is 5.49. The zero-order valence-corrected chi connectivity index (χ0v) is 17.7. The summed E-state index contributed by atoms with van der Waals surface area (Å²) >= 11 is 0. The molecule has 0 radical (unpaired) electrons. The van der Waals surface area contributed by atoms with Crippen LogP contribution in [0.1, 0.15) is 91.9 Å². The van der Waals surface area contributed by atoms with Gasteiger partial charge in [0.2, 0.25) is 0 Å². The predicted molar refractivity (Wildman–Crippen MR) is 105 cm³/mol. The highest BCUT2D eigenvalue weighted by molar-refractivity contribution is 5.82. The highest BCUT2D eigenvalue weighted by Crippen LogP contribution is 2.51. The Bertz CT molecular complexity index is 529. The summed E-state index contributed by atoms with van der Waals surface area (Å²) in [6.07, 6.45) is 11.4. The van der Waals surface area contributed by atoms with Crippen molar-refractivity contribution < 1.29 is 19.1 Å². The third kappa shape index (κ3) is 5.48.